The molecule has 0 atom stereocenters. The fraction of sp³-hybridized carbons (Fsp3) is 0.667. The maximum atomic E-state index is 11.0. The molecule has 0 heterocycles. The number of hydrogen-bond acceptors (Lipinski definition) is 4. The van der Waals surface area contributed by atoms with E-state index in [-0.39, 0.29) is 6.42 Å². The predicted octanol–water partition coefficient (Wildman–Crippen LogP) is -1.01. The lowest BCUT2D eigenvalue weighted by molar-refractivity contribution is -0.870. The van der Waals surface area contributed by atoms with Crippen molar-refractivity contribution in [3.05, 3.63) is 10.5 Å². The molecule has 1 N–H and O–H groups in total. The zero-order chi connectivity index (χ0) is 13.1. The average molecular weight is 251 g/mol. The van der Waals surface area contributed by atoms with Gasteiger partial charge in [-0.05, 0) is 12.5 Å². The van der Waals surface area contributed by atoms with Crippen LogP contribution in [0.2, 0.25) is 0 Å². The summed E-state index contributed by atoms with van der Waals surface area (Å²) in [6, 6.07) is 0. The highest BCUT2D eigenvalue weighted by atomic mass is 32.2. The Hall–Kier alpha value is -0.920. The number of quaternary nitrogens is 1. The summed E-state index contributed by atoms with van der Waals surface area (Å²) in [5, 5.41) is 10.6. The summed E-state index contributed by atoms with van der Waals surface area (Å²) in [4.78, 5) is 10.1. The van der Waals surface area contributed by atoms with Crippen LogP contribution in [-0.4, -0.2) is 51.1 Å². The first kappa shape index (κ1) is 15.1. The van der Waals surface area contributed by atoms with Gasteiger partial charge in [0.2, 0.25) is 0 Å². The highest BCUT2D eigenvalue weighted by molar-refractivity contribution is 7.89. The molecule has 0 amide bonds. The monoisotopic (exact) mass is 251 g/mol. The van der Waals surface area contributed by atoms with Gasteiger partial charge in [-0.3, -0.25) is 4.55 Å². The van der Waals surface area contributed by atoms with E-state index in [0.717, 1.165) is 6.92 Å². The van der Waals surface area contributed by atoms with Crippen molar-refractivity contribution >= 4 is 16.1 Å². The standard InChI is InChI=1S/C9H17NO5S/c1-7(9(11)12)8(16(13,14)15)5-6-10(2,3)4/h5-6H2,1-4H3,(H-,11,12,13,14,15). The maximum Gasteiger partial charge on any atom is 0.291 e. The zero-order valence-electron chi connectivity index (χ0n) is 9.85. The lowest BCUT2D eigenvalue weighted by Gasteiger charge is -2.24. The first-order valence-electron chi connectivity index (χ1n) is 4.64. The molecule has 0 saturated heterocycles. The van der Waals surface area contributed by atoms with Crippen molar-refractivity contribution in [1.29, 1.82) is 0 Å². The second-order valence-corrected chi connectivity index (χ2v) is 6.02. The Bertz CT molecular complexity index is 402. The third kappa shape index (κ3) is 5.24. The molecule has 0 aliphatic rings. The number of aliphatic carboxylic acids is 1. The molecule has 16 heavy (non-hydrogen) atoms. The van der Waals surface area contributed by atoms with Gasteiger partial charge >= 0.3 is 0 Å². The maximum absolute atomic E-state index is 11.0. The van der Waals surface area contributed by atoms with Crippen LogP contribution in [0.4, 0.5) is 0 Å². The van der Waals surface area contributed by atoms with Gasteiger partial charge in [0.05, 0.1) is 38.6 Å². The van der Waals surface area contributed by atoms with E-state index in [9.17, 15) is 18.3 Å². The summed E-state index contributed by atoms with van der Waals surface area (Å²) >= 11 is 0. The van der Waals surface area contributed by atoms with Crippen LogP contribution in [0.5, 0.6) is 0 Å². The minimum Gasteiger partial charge on any atom is -0.545 e. The molecular weight excluding hydrogens is 234 g/mol. The third-order valence-corrected chi connectivity index (χ3v) is 3.18. The third-order valence-electron chi connectivity index (χ3n) is 2.05. The van der Waals surface area contributed by atoms with Gasteiger partial charge in [0.1, 0.15) is 0 Å². The average Bonchev–Trinajstić information content (AvgIpc) is 1.98. The van der Waals surface area contributed by atoms with Gasteiger partial charge in [-0.1, -0.05) is 0 Å². The topological polar surface area (TPSA) is 94.5 Å². The molecule has 0 bridgehead atoms. The molecule has 6 nitrogen and oxygen atoms in total. The molecule has 0 aliphatic heterocycles. The smallest absolute Gasteiger partial charge is 0.291 e. The molecule has 0 radical (unpaired) electrons. The summed E-state index contributed by atoms with van der Waals surface area (Å²) in [6.45, 7) is 1.49. The lowest BCUT2D eigenvalue weighted by Crippen LogP contribution is -2.36. The molecular formula is C9H17NO5S. The van der Waals surface area contributed by atoms with Crippen LogP contribution in [-0.2, 0) is 14.9 Å². The van der Waals surface area contributed by atoms with Gasteiger partial charge < -0.3 is 14.4 Å². The van der Waals surface area contributed by atoms with E-state index in [4.69, 9.17) is 4.55 Å². The van der Waals surface area contributed by atoms with E-state index in [1.807, 2.05) is 21.1 Å². The van der Waals surface area contributed by atoms with Crippen LogP contribution >= 0.6 is 0 Å². The summed E-state index contributed by atoms with van der Waals surface area (Å²) in [6.07, 6.45) is -0.0395. The summed E-state index contributed by atoms with van der Waals surface area (Å²) in [5.74, 6) is -1.59. The van der Waals surface area contributed by atoms with E-state index in [0.29, 0.717) is 11.0 Å². The fourth-order valence-corrected chi connectivity index (χ4v) is 1.88. The molecule has 0 unspecified atom stereocenters. The largest absolute Gasteiger partial charge is 0.545 e. The highest BCUT2D eigenvalue weighted by Gasteiger charge is 2.20. The Morgan fingerprint density at radius 2 is 1.75 bits per heavy atom. The van der Waals surface area contributed by atoms with Crippen LogP contribution in [0.3, 0.4) is 0 Å². The van der Waals surface area contributed by atoms with Crippen LogP contribution < -0.4 is 5.11 Å². The normalized spacial score (nSPS) is 14.6. The lowest BCUT2D eigenvalue weighted by atomic mass is 10.2. The number of carboxylic acid groups (broad SMARTS) is 1. The predicted molar refractivity (Wildman–Crippen MR) is 56.8 cm³/mol. The first-order valence-corrected chi connectivity index (χ1v) is 6.08. The summed E-state index contributed by atoms with van der Waals surface area (Å²) in [7, 11) is 1.01. The van der Waals surface area contributed by atoms with Crippen molar-refractivity contribution in [2.45, 2.75) is 13.3 Å². The zero-order valence-corrected chi connectivity index (χ0v) is 10.7. The SMILES string of the molecule is CC(C(=O)[O-])=C(CC[N+](C)(C)C)S(=O)(=O)O. The molecule has 0 saturated carbocycles. The molecule has 0 spiro atoms. The number of carbonyl (C=O) groups excluding carboxylic acids is 1. The number of nitrogens with zero attached hydrogens (tertiary/aromatic N) is 1. The second-order valence-electron chi connectivity index (χ2n) is 4.57. The van der Waals surface area contributed by atoms with Gasteiger partial charge in [0, 0.05) is 6.42 Å². The van der Waals surface area contributed by atoms with Crippen molar-refractivity contribution in [2.75, 3.05) is 27.7 Å². The van der Waals surface area contributed by atoms with E-state index >= 15 is 0 Å². The van der Waals surface area contributed by atoms with E-state index in [1.54, 1.807) is 0 Å². The van der Waals surface area contributed by atoms with Crippen LogP contribution in [0.15, 0.2) is 10.5 Å². The molecule has 0 aromatic carbocycles. The summed E-state index contributed by atoms with van der Waals surface area (Å²) in [5.41, 5.74) is -0.448. The quantitative estimate of drug-likeness (QED) is 0.384. The van der Waals surface area contributed by atoms with Gasteiger partial charge in [0.15, 0.2) is 0 Å². The number of carboxylic acids is 1. The van der Waals surface area contributed by atoms with Gasteiger partial charge in [0.25, 0.3) is 10.1 Å². The second kappa shape index (κ2) is 4.94. The van der Waals surface area contributed by atoms with Crippen LogP contribution in [0, 0.1) is 0 Å². The molecule has 0 fully saturated rings. The Kier molecular flexibility index (Phi) is 4.66. The molecule has 0 aromatic heterocycles. The molecule has 0 aromatic rings. The van der Waals surface area contributed by atoms with Crippen molar-refractivity contribution in [3.8, 4) is 0 Å². The molecule has 94 valence electrons. The van der Waals surface area contributed by atoms with Gasteiger partial charge in [-0.25, -0.2) is 0 Å². The fourth-order valence-electron chi connectivity index (χ4n) is 1.06. The Morgan fingerprint density at radius 3 is 2.00 bits per heavy atom. The van der Waals surface area contributed by atoms with Crippen molar-refractivity contribution in [1.82, 2.24) is 0 Å². The van der Waals surface area contributed by atoms with E-state index in [1.165, 1.54) is 0 Å². The van der Waals surface area contributed by atoms with Gasteiger partial charge in [-0.15, -0.1) is 0 Å². The summed E-state index contributed by atoms with van der Waals surface area (Å²) < 4.78 is 31.4. The van der Waals surface area contributed by atoms with Gasteiger partial charge in [-0.2, -0.15) is 8.42 Å². The number of rotatable bonds is 5. The number of carbonyl (C=O) groups is 1. The molecule has 0 rings (SSSR count). The first-order chi connectivity index (χ1) is 6.95. The van der Waals surface area contributed by atoms with Crippen molar-refractivity contribution in [3.63, 3.8) is 0 Å². The molecule has 0 aliphatic carbocycles. The number of hydrogen-bond donors (Lipinski definition) is 1. The van der Waals surface area contributed by atoms with E-state index in [2.05, 4.69) is 0 Å². The molecule has 7 heteroatoms. The highest BCUT2D eigenvalue weighted by Crippen LogP contribution is 2.16. The van der Waals surface area contributed by atoms with Crippen molar-refractivity contribution in [2.24, 2.45) is 0 Å². The van der Waals surface area contributed by atoms with E-state index < -0.39 is 26.6 Å². The minimum atomic E-state index is -4.48. The van der Waals surface area contributed by atoms with Crippen LogP contribution in [0.25, 0.3) is 0 Å². The Labute approximate surface area is 95.5 Å². The Balaban J connectivity index is 5.17. The Morgan fingerprint density at radius 1 is 1.31 bits per heavy atom. The van der Waals surface area contributed by atoms with Crippen LogP contribution in [0.1, 0.15) is 13.3 Å². The minimum absolute atomic E-state index is 0.0395. The van der Waals surface area contributed by atoms with Crippen molar-refractivity contribution < 1.29 is 27.4 Å².